The number of H-pyrrole nitrogens is 2. The fraction of sp³-hybridized carbons (Fsp3) is 0.597. The zero-order valence-corrected chi connectivity index (χ0v) is 56.0. The van der Waals surface area contributed by atoms with Crippen molar-refractivity contribution < 1.29 is 9.53 Å². The van der Waals surface area contributed by atoms with Gasteiger partial charge in [-0.3, -0.25) is 4.79 Å². The first kappa shape index (κ1) is 67.7. The molecule has 2 aliphatic heterocycles. The van der Waals surface area contributed by atoms with E-state index < -0.39 is 8.07 Å². The average molecular weight is 1150 g/mol. The number of fused-ring (bicyclic) bond motifs is 8. The van der Waals surface area contributed by atoms with Crippen molar-refractivity contribution in [3.63, 3.8) is 0 Å². The second-order valence-corrected chi connectivity index (χ2v) is 31.5. The second-order valence-electron chi connectivity index (χ2n) is 25.9. The Morgan fingerprint density at radius 3 is 1.30 bits per heavy atom. The molecule has 2 unspecified atom stereocenters. The number of nitrogens with one attached hydrogen (secondary N) is 2. The first-order valence-electron chi connectivity index (χ1n) is 34.3. The van der Waals surface area contributed by atoms with E-state index in [4.69, 9.17) is 14.7 Å². The highest BCUT2D eigenvalue weighted by Gasteiger charge is 2.42. The zero-order chi connectivity index (χ0) is 60.3. The lowest BCUT2D eigenvalue weighted by Gasteiger charge is -2.38. The van der Waals surface area contributed by atoms with Crippen LogP contribution in [0.5, 0.6) is 5.75 Å². The summed E-state index contributed by atoms with van der Waals surface area (Å²) in [5.41, 5.74) is 20.5. The minimum absolute atomic E-state index is 0.311. The Labute approximate surface area is 512 Å². The third-order valence-corrected chi connectivity index (χ3v) is 24.9. The van der Waals surface area contributed by atoms with Gasteiger partial charge in [-0.25, -0.2) is 9.97 Å². The van der Waals surface area contributed by atoms with Gasteiger partial charge in [0.15, 0.2) is 6.29 Å². The standard InChI is InChI=1S/C77H112N4O2Si/c1-13-18-23-28-30-34-39-61(37-32-25-20-15-3)76-71-47-43-67(78-71)65(42-41-63-55-75(64(56-82)54-60(63)12)83-52-36-27-22-17-5)68-44-48-72(79-68)77(62(38-33-26-21-16-4)40-35-31-29-24-19-14-2)74-50-46-70(81-74)66(69-45-49-73(76)80-69)51-53-84(57(6)7,58(8)9)59(10)11/h43-50,54-59,61-62,78-79H,13-40,52H2,1-12H3. The molecule has 1 aromatic carbocycles. The molecule has 456 valence electrons. The van der Waals surface area contributed by atoms with Gasteiger partial charge in [0.1, 0.15) is 13.8 Å². The molecular weight excluding hydrogens is 1040 g/mol. The quantitative estimate of drug-likeness (QED) is 0.0178. The Bertz CT molecular complexity index is 2900. The molecule has 84 heavy (non-hydrogen) atoms. The van der Waals surface area contributed by atoms with Gasteiger partial charge in [0, 0.05) is 27.7 Å². The summed E-state index contributed by atoms with van der Waals surface area (Å²) >= 11 is 0. The van der Waals surface area contributed by atoms with E-state index in [1.807, 2.05) is 12.1 Å². The van der Waals surface area contributed by atoms with Gasteiger partial charge in [-0.15, -0.1) is 5.54 Å². The van der Waals surface area contributed by atoms with Crippen LogP contribution in [0.25, 0.3) is 46.4 Å². The van der Waals surface area contributed by atoms with E-state index in [9.17, 15) is 4.79 Å². The number of unbranched alkanes of at least 4 members (excludes halogenated alkanes) is 19. The molecule has 2 atom stereocenters. The highest BCUT2D eigenvalue weighted by Crippen LogP contribution is 2.42. The van der Waals surface area contributed by atoms with E-state index in [1.54, 1.807) is 0 Å². The highest BCUT2D eigenvalue weighted by atomic mass is 28.3. The summed E-state index contributed by atoms with van der Waals surface area (Å²) in [6.07, 6.45) is 43.8. The van der Waals surface area contributed by atoms with Crippen molar-refractivity contribution in [3.8, 4) is 29.1 Å². The number of aromatic nitrogens is 4. The number of aromatic amines is 2. The van der Waals surface area contributed by atoms with Crippen LogP contribution in [-0.4, -0.2) is 40.9 Å². The van der Waals surface area contributed by atoms with Crippen LogP contribution in [0, 0.1) is 30.2 Å². The number of hydrogen-bond acceptors (Lipinski definition) is 4. The number of ether oxygens (including phenoxy) is 1. The second kappa shape index (κ2) is 35.9. The Hall–Kier alpha value is -5.37. The summed E-state index contributed by atoms with van der Waals surface area (Å²) in [6, 6.07) is 13.1. The highest BCUT2D eigenvalue weighted by molar-refractivity contribution is 6.90. The number of aryl methyl sites for hydroxylation is 1. The summed E-state index contributed by atoms with van der Waals surface area (Å²) < 4.78 is 6.34. The van der Waals surface area contributed by atoms with E-state index in [0.717, 1.165) is 118 Å². The minimum Gasteiger partial charge on any atom is -0.493 e. The molecule has 2 N–H and O–H groups in total. The van der Waals surface area contributed by atoms with Crippen LogP contribution in [0.2, 0.25) is 16.6 Å². The maximum Gasteiger partial charge on any atom is 0.153 e. The SMILES string of the molecule is CCCCCCCCC(CCCCCC)c1c2nc(c(C#C[Si](C(C)C)(C(C)C)C(C)C)c3nc(c(C(CCCCCC)CCCCCCCC)c4ccc([nH]4)c(C#Cc4cc(OCCCCCC)c(C=O)cc4C)c4ccc1[nH]4)C=C3)C=C2. The Kier molecular flexibility index (Phi) is 29.0. The molecular formula is C77H112N4O2Si. The van der Waals surface area contributed by atoms with Gasteiger partial charge in [-0.05, 0) is 134 Å². The van der Waals surface area contributed by atoms with Crippen molar-refractivity contribution in [1.82, 2.24) is 19.9 Å². The first-order valence-corrected chi connectivity index (χ1v) is 36.5. The van der Waals surface area contributed by atoms with Crippen molar-refractivity contribution in [3.05, 3.63) is 98.1 Å². The van der Waals surface area contributed by atoms with E-state index in [0.29, 0.717) is 46.4 Å². The predicted octanol–water partition coefficient (Wildman–Crippen LogP) is 23.3. The molecule has 0 amide bonds. The van der Waals surface area contributed by atoms with Crippen LogP contribution in [0.4, 0.5) is 0 Å². The topological polar surface area (TPSA) is 83.7 Å². The molecule has 2 aliphatic rings. The summed E-state index contributed by atoms with van der Waals surface area (Å²) in [5, 5.41) is 0. The number of benzene rings is 1. The number of hydrogen-bond donors (Lipinski definition) is 2. The van der Waals surface area contributed by atoms with Gasteiger partial charge in [0.25, 0.3) is 0 Å². The third-order valence-electron chi connectivity index (χ3n) is 18.6. The summed E-state index contributed by atoms with van der Waals surface area (Å²) in [7, 11) is -2.15. The van der Waals surface area contributed by atoms with Gasteiger partial charge in [0.2, 0.25) is 0 Å². The molecule has 0 aliphatic carbocycles. The number of carbonyl (C=O) groups is 1. The van der Waals surface area contributed by atoms with E-state index in [-0.39, 0.29) is 0 Å². The number of nitrogens with zero attached hydrogens (tertiary/aromatic N) is 2. The Morgan fingerprint density at radius 1 is 0.476 bits per heavy atom. The normalized spacial score (nSPS) is 12.9. The average Bonchev–Trinajstić information content (AvgIpc) is 2.98. The van der Waals surface area contributed by atoms with Crippen LogP contribution in [0.1, 0.15) is 334 Å². The molecule has 8 bridgehead atoms. The molecule has 0 saturated carbocycles. The van der Waals surface area contributed by atoms with Gasteiger partial charge in [-0.2, -0.15) is 0 Å². The summed E-state index contributed by atoms with van der Waals surface area (Å²) in [5.74, 6) is 12.6. The van der Waals surface area contributed by atoms with Crippen molar-refractivity contribution in [2.45, 2.75) is 291 Å². The lowest BCUT2D eigenvalue weighted by molar-refractivity contribution is 0.111. The van der Waals surface area contributed by atoms with Crippen molar-refractivity contribution in [2.75, 3.05) is 6.61 Å². The molecule has 7 heteroatoms. The minimum atomic E-state index is -2.15. The molecule has 4 aromatic rings. The fourth-order valence-electron chi connectivity index (χ4n) is 13.7. The summed E-state index contributed by atoms with van der Waals surface area (Å²) in [4.78, 5) is 32.2. The fourth-order valence-corrected chi connectivity index (χ4v) is 18.9. The maximum absolute atomic E-state index is 12.5. The maximum atomic E-state index is 12.5. The molecule has 3 aromatic heterocycles. The third kappa shape index (κ3) is 18.8. The van der Waals surface area contributed by atoms with Crippen LogP contribution >= 0.6 is 0 Å². The van der Waals surface area contributed by atoms with Gasteiger partial charge in [-0.1, -0.05) is 242 Å². The molecule has 0 fully saturated rings. The Balaban J connectivity index is 1.74. The molecule has 0 spiro atoms. The van der Waals surface area contributed by atoms with Crippen LogP contribution in [0.3, 0.4) is 0 Å². The molecule has 0 saturated heterocycles. The smallest absolute Gasteiger partial charge is 0.153 e. The van der Waals surface area contributed by atoms with Crippen LogP contribution in [-0.2, 0) is 0 Å². The van der Waals surface area contributed by atoms with Gasteiger partial charge >= 0.3 is 0 Å². The monoisotopic (exact) mass is 1150 g/mol. The van der Waals surface area contributed by atoms with E-state index in [1.165, 1.54) is 146 Å². The molecule has 6 nitrogen and oxygen atoms in total. The van der Waals surface area contributed by atoms with E-state index in [2.05, 4.69) is 165 Å². The molecule has 5 heterocycles. The van der Waals surface area contributed by atoms with Crippen molar-refractivity contribution in [1.29, 1.82) is 0 Å². The predicted molar refractivity (Wildman–Crippen MR) is 368 cm³/mol. The largest absolute Gasteiger partial charge is 0.493 e. The Morgan fingerprint density at radius 2 is 0.869 bits per heavy atom. The number of aldehydes is 1. The van der Waals surface area contributed by atoms with Gasteiger partial charge in [0.05, 0.1) is 57.1 Å². The summed E-state index contributed by atoms with van der Waals surface area (Å²) in [6.45, 7) is 28.6. The van der Waals surface area contributed by atoms with Crippen LogP contribution in [0.15, 0.2) is 36.4 Å². The lowest BCUT2D eigenvalue weighted by Crippen LogP contribution is -2.43. The molecule has 0 radical (unpaired) electrons. The number of carbonyl (C=O) groups excluding carboxylic acids is 1. The van der Waals surface area contributed by atoms with Crippen molar-refractivity contribution in [2.24, 2.45) is 0 Å². The first-order chi connectivity index (χ1) is 40.8. The van der Waals surface area contributed by atoms with Gasteiger partial charge < -0.3 is 14.7 Å². The molecule has 6 rings (SSSR count). The van der Waals surface area contributed by atoms with Crippen molar-refractivity contribution >= 4 is 60.7 Å². The van der Waals surface area contributed by atoms with E-state index >= 15 is 0 Å². The lowest BCUT2D eigenvalue weighted by atomic mass is 9.87. The van der Waals surface area contributed by atoms with Crippen LogP contribution < -0.4 is 4.74 Å². The number of rotatable bonds is 36. The zero-order valence-electron chi connectivity index (χ0n) is 55.0.